The third-order valence-electron chi connectivity index (χ3n) is 2.33. The Balaban J connectivity index is 2.84. The maximum atomic E-state index is 11.9. The highest BCUT2D eigenvalue weighted by atomic mass is 35.5. The van der Waals surface area contributed by atoms with Gasteiger partial charge in [-0.25, -0.2) is 4.79 Å². The van der Waals surface area contributed by atoms with Crippen molar-refractivity contribution in [2.24, 2.45) is 5.73 Å². The molecule has 3 amide bonds. The monoisotopic (exact) mass is 299 g/mol. The summed E-state index contributed by atoms with van der Waals surface area (Å²) in [6.07, 6.45) is 0. The summed E-state index contributed by atoms with van der Waals surface area (Å²) in [5, 5.41) is 11.4. The van der Waals surface area contributed by atoms with Gasteiger partial charge in [0.05, 0.1) is 10.7 Å². The Labute approximate surface area is 120 Å². The van der Waals surface area contributed by atoms with Crippen LogP contribution in [0.2, 0.25) is 5.02 Å². The Kier molecular flexibility index (Phi) is 5.33. The van der Waals surface area contributed by atoms with Crippen LogP contribution in [0.25, 0.3) is 0 Å². The fraction of sp³-hybridized carbons (Fsp3) is 0.250. The topological polar surface area (TPSA) is 113 Å². The number of carbonyl (C=O) groups excluding carboxylic acids is 2. The second kappa shape index (κ2) is 6.76. The van der Waals surface area contributed by atoms with E-state index in [1.165, 1.54) is 0 Å². The number of nitrogens with one attached hydrogen (secondary N) is 1. The van der Waals surface area contributed by atoms with Crippen molar-refractivity contribution in [1.82, 2.24) is 4.90 Å². The third kappa shape index (κ3) is 4.77. The molecule has 0 aromatic heterocycles. The maximum absolute atomic E-state index is 11.9. The van der Waals surface area contributed by atoms with Gasteiger partial charge in [0.15, 0.2) is 0 Å². The largest absolute Gasteiger partial charge is 0.480 e. The molecule has 0 aliphatic carbocycles. The van der Waals surface area contributed by atoms with E-state index in [0.29, 0.717) is 10.7 Å². The number of primary amides is 1. The van der Waals surface area contributed by atoms with E-state index in [0.717, 1.165) is 10.5 Å². The number of carbonyl (C=O) groups is 3. The minimum atomic E-state index is -1.25. The molecule has 20 heavy (non-hydrogen) atoms. The van der Waals surface area contributed by atoms with Crippen molar-refractivity contribution in [3.8, 4) is 0 Å². The number of nitrogens with two attached hydrogens (primary N) is 1. The van der Waals surface area contributed by atoms with Gasteiger partial charge in [0.2, 0.25) is 5.91 Å². The normalized spacial score (nSPS) is 9.90. The fourth-order valence-electron chi connectivity index (χ4n) is 1.47. The first-order chi connectivity index (χ1) is 9.29. The number of hydrogen-bond acceptors (Lipinski definition) is 3. The molecule has 1 aromatic carbocycles. The molecule has 0 bridgehead atoms. The number of rotatable bonds is 5. The molecule has 0 aliphatic rings. The smallest absolute Gasteiger partial charge is 0.323 e. The van der Waals surface area contributed by atoms with Gasteiger partial charge in [-0.3, -0.25) is 9.59 Å². The summed E-state index contributed by atoms with van der Waals surface area (Å²) in [5.41, 5.74) is 6.20. The summed E-state index contributed by atoms with van der Waals surface area (Å²) in [6, 6.07) is 4.19. The molecule has 0 saturated carbocycles. The van der Waals surface area contributed by atoms with E-state index in [-0.39, 0.29) is 0 Å². The number of carboxylic acid groups (broad SMARTS) is 1. The van der Waals surface area contributed by atoms with Gasteiger partial charge in [-0.15, -0.1) is 0 Å². The Morgan fingerprint density at radius 2 is 2.00 bits per heavy atom. The quantitative estimate of drug-likeness (QED) is 0.754. The number of amides is 3. The number of halogens is 1. The van der Waals surface area contributed by atoms with Crippen LogP contribution in [0.4, 0.5) is 10.5 Å². The molecule has 1 rings (SSSR count). The van der Waals surface area contributed by atoms with Gasteiger partial charge < -0.3 is 21.1 Å². The Hall–Kier alpha value is -2.28. The standard InChI is InChI=1S/C12H14ClN3O4/c1-7-2-3-9(8(13)4-7)15-12(20)16(5-10(14)17)6-11(18)19/h2-4H,5-6H2,1H3,(H2,14,17)(H,15,20)(H,18,19). The molecule has 0 unspecified atom stereocenters. The molecule has 0 spiro atoms. The number of urea groups is 1. The molecule has 0 saturated heterocycles. The van der Waals surface area contributed by atoms with Gasteiger partial charge in [-0.2, -0.15) is 0 Å². The van der Waals surface area contributed by atoms with Crippen LogP contribution in [0.5, 0.6) is 0 Å². The number of hydrogen-bond donors (Lipinski definition) is 3. The molecule has 0 aliphatic heterocycles. The SMILES string of the molecule is Cc1ccc(NC(=O)N(CC(N)=O)CC(=O)O)c(Cl)c1. The molecule has 0 heterocycles. The van der Waals surface area contributed by atoms with Gasteiger partial charge in [-0.05, 0) is 24.6 Å². The van der Waals surface area contributed by atoms with E-state index in [1.807, 2.05) is 6.92 Å². The van der Waals surface area contributed by atoms with Crippen molar-refractivity contribution in [1.29, 1.82) is 0 Å². The molecular formula is C12H14ClN3O4. The van der Waals surface area contributed by atoms with E-state index in [9.17, 15) is 14.4 Å². The summed E-state index contributed by atoms with van der Waals surface area (Å²) in [6.45, 7) is 0.696. The van der Waals surface area contributed by atoms with E-state index < -0.39 is 31.0 Å². The second-order valence-corrected chi connectivity index (χ2v) is 4.54. The number of aryl methyl sites for hydroxylation is 1. The van der Waals surface area contributed by atoms with Crippen LogP contribution in [0.3, 0.4) is 0 Å². The lowest BCUT2D eigenvalue weighted by Gasteiger charge is -2.20. The molecule has 4 N–H and O–H groups in total. The zero-order valence-corrected chi connectivity index (χ0v) is 11.5. The molecule has 0 radical (unpaired) electrons. The lowest BCUT2D eigenvalue weighted by atomic mass is 10.2. The molecular weight excluding hydrogens is 286 g/mol. The molecule has 0 atom stereocenters. The molecule has 108 valence electrons. The van der Waals surface area contributed by atoms with Crippen molar-refractivity contribution in [3.05, 3.63) is 28.8 Å². The number of aliphatic carboxylic acids is 1. The summed E-state index contributed by atoms with van der Waals surface area (Å²) in [5.74, 6) is -2.06. The number of carboxylic acids is 1. The van der Waals surface area contributed by atoms with E-state index in [1.54, 1.807) is 18.2 Å². The zero-order chi connectivity index (χ0) is 15.3. The van der Waals surface area contributed by atoms with Crippen LogP contribution in [0.1, 0.15) is 5.56 Å². The highest BCUT2D eigenvalue weighted by molar-refractivity contribution is 6.33. The van der Waals surface area contributed by atoms with Crippen molar-refractivity contribution in [3.63, 3.8) is 0 Å². The van der Waals surface area contributed by atoms with Gasteiger partial charge in [0, 0.05) is 0 Å². The summed E-state index contributed by atoms with van der Waals surface area (Å²) in [7, 11) is 0. The Morgan fingerprint density at radius 3 is 2.50 bits per heavy atom. The Bertz CT molecular complexity index is 532. The number of benzene rings is 1. The number of nitrogens with zero attached hydrogens (tertiary/aromatic N) is 1. The van der Waals surface area contributed by atoms with Crippen LogP contribution in [0.15, 0.2) is 18.2 Å². The van der Waals surface area contributed by atoms with Crippen LogP contribution in [0, 0.1) is 6.92 Å². The summed E-state index contributed by atoms with van der Waals surface area (Å²) >= 11 is 5.95. The molecule has 0 fully saturated rings. The minimum Gasteiger partial charge on any atom is -0.480 e. The highest BCUT2D eigenvalue weighted by Gasteiger charge is 2.19. The summed E-state index contributed by atoms with van der Waals surface area (Å²) in [4.78, 5) is 34.2. The van der Waals surface area contributed by atoms with Gasteiger partial charge in [0.1, 0.15) is 13.1 Å². The van der Waals surface area contributed by atoms with Gasteiger partial charge in [0.25, 0.3) is 0 Å². The van der Waals surface area contributed by atoms with Crippen LogP contribution >= 0.6 is 11.6 Å². The maximum Gasteiger partial charge on any atom is 0.323 e. The lowest BCUT2D eigenvalue weighted by molar-refractivity contribution is -0.137. The first-order valence-corrected chi connectivity index (χ1v) is 5.99. The minimum absolute atomic E-state index is 0.313. The average Bonchev–Trinajstić information content (AvgIpc) is 2.30. The van der Waals surface area contributed by atoms with Crippen LogP contribution < -0.4 is 11.1 Å². The van der Waals surface area contributed by atoms with E-state index in [4.69, 9.17) is 22.4 Å². The molecule has 7 nitrogen and oxygen atoms in total. The van der Waals surface area contributed by atoms with Gasteiger partial charge in [-0.1, -0.05) is 17.7 Å². The molecule has 8 heteroatoms. The van der Waals surface area contributed by atoms with Gasteiger partial charge >= 0.3 is 12.0 Å². The van der Waals surface area contributed by atoms with Crippen molar-refractivity contribution in [2.75, 3.05) is 18.4 Å². The first-order valence-electron chi connectivity index (χ1n) is 5.61. The predicted molar refractivity (Wildman–Crippen MR) is 73.6 cm³/mol. The zero-order valence-electron chi connectivity index (χ0n) is 10.7. The summed E-state index contributed by atoms with van der Waals surface area (Å²) < 4.78 is 0. The Morgan fingerprint density at radius 1 is 1.35 bits per heavy atom. The van der Waals surface area contributed by atoms with Crippen molar-refractivity contribution < 1.29 is 19.5 Å². The van der Waals surface area contributed by atoms with Crippen molar-refractivity contribution in [2.45, 2.75) is 6.92 Å². The van der Waals surface area contributed by atoms with E-state index in [2.05, 4.69) is 5.32 Å². The predicted octanol–water partition coefficient (Wildman–Crippen LogP) is 1.05. The second-order valence-electron chi connectivity index (χ2n) is 4.13. The lowest BCUT2D eigenvalue weighted by Crippen LogP contribution is -2.43. The molecule has 1 aromatic rings. The van der Waals surface area contributed by atoms with Crippen LogP contribution in [-0.2, 0) is 9.59 Å². The average molecular weight is 300 g/mol. The fourth-order valence-corrected chi connectivity index (χ4v) is 1.75. The van der Waals surface area contributed by atoms with Crippen LogP contribution in [-0.4, -0.2) is 41.0 Å². The van der Waals surface area contributed by atoms with E-state index >= 15 is 0 Å². The third-order valence-corrected chi connectivity index (χ3v) is 2.64. The number of anilines is 1. The first kappa shape index (κ1) is 15.8. The van der Waals surface area contributed by atoms with Crippen molar-refractivity contribution >= 4 is 35.2 Å². The highest BCUT2D eigenvalue weighted by Crippen LogP contribution is 2.22.